The highest BCUT2D eigenvalue weighted by Crippen LogP contribution is 2.43. The van der Waals surface area contributed by atoms with Crippen molar-refractivity contribution in [2.24, 2.45) is 0 Å². The number of amides is 1. The Balaban J connectivity index is 1.53. The van der Waals surface area contributed by atoms with Crippen LogP contribution in [0.25, 0.3) is 0 Å². The number of phosphoric ester groups is 1. The standard InChI is InChI=1S/C29H50N3O8PS/c1-2-3-4-5-6-7-8-9-10-11-12-13-14-15-16-18-30-29(33)36-24-27(40-28-17-21-37-31-28)25-39-41(34,35)38-22-19-32-20-23-42-26-32/h16-18,20-21,23,27H,2-15,19,22,24-26H2,1H3,(H,30,33)(H,34,35)/b18-16+/t27-/m1/s1. The van der Waals surface area contributed by atoms with Crippen LogP contribution in [0, 0.1) is 0 Å². The van der Waals surface area contributed by atoms with Gasteiger partial charge in [0.05, 0.1) is 19.1 Å². The number of alkyl carbamates (subject to hydrolysis) is 1. The number of carbonyl (C=O) groups is 1. The van der Waals surface area contributed by atoms with Crippen molar-refractivity contribution in [1.82, 2.24) is 15.4 Å². The number of aromatic nitrogens is 1. The fraction of sp³-hybridized carbons (Fsp3) is 0.724. The number of carbonyl (C=O) groups excluding carboxylic acids is 1. The average molecular weight is 632 g/mol. The SMILES string of the molecule is CCCCCCCCCCCCCCC/C=C/NC(=O)OC[C@H](COP(=O)(O)OCCN1C=CSC1)Oc1ccon1. The van der Waals surface area contributed by atoms with E-state index in [-0.39, 0.29) is 25.7 Å². The molecule has 0 aromatic carbocycles. The van der Waals surface area contributed by atoms with Gasteiger partial charge in [0, 0.05) is 25.0 Å². The number of phosphoric acid groups is 1. The Bertz CT molecular complexity index is 919. The van der Waals surface area contributed by atoms with Crippen molar-refractivity contribution in [3.8, 4) is 5.88 Å². The topological polar surface area (TPSA) is 133 Å². The number of ether oxygens (including phenoxy) is 2. The predicted octanol–water partition coefficient (Wildman–Crippen LogP) is 7.75. The quantitative estimate of drug-likeness (QED) is 0.0768. The Labute approximate surface area is 255 Å². The molecule has 1 aromatic rings. The van der Waals surface area contributed by atoms with Crippen LogP contribution in [-0.4, -0.2) is 59.4 Å². The van der Waals surface area contributed by atoms with Crippen molar-refractivity contribution < 1.29 is 37.3 Å². The molecule has 1 amide bonds. The summed E-state index contributed by atoms with van der Waals surface area (Å²) in [6.07, 6.45) is 23.0. The van der Waals surface area contributed by atoms with Gasteiger partial charge in [-0.2, -0.15) is 0 Å². The van der Waals surface area contributed by atoms with E-state index in [0.29, 0.717) is 6.54 Å². The third-order valence-electron chi connectivity index (χ3n) is 6.56. The van der Waals surface area contributed by atoms with E-state index in [1.165, 1.54) is 89.4 Å². The van der Waals surface area contributed by atoms with E-state index in [2.05, 4.69) is 17.4 Å². The van der Waals surface area contributed by atoms with E-state index < -0.39 is 20.0 Å². The lowest BCUT2D eigenvalue weighted by Crippen LogP contribution is -2.32. The van der Waals surface area contributed by atoms with Crippen molar-refractivity contribution >= 4 is 25.7 Å². The maximum absolute atomic E-state index is 12.3. The first-order valence-corrected chi connectivity index (χ1v) is 17.8. The van der Waals surface area contributed by atoms with Gasteiger partial charge in [-0.1, -0.05) is 90.0 Å². The summed E-state index contributed by atoms with van der Waals surface area (Å²) >= 11 is 1.62. The van der Waals surface area contributed by atoms with Crippen molar-refractivity contribution in [1.29, 1.82) is 0 Å². The zero-order chi connectivity index (χ0) is 30.1. The van der Waals surface area contributed by atoms with Crippen LogP contribution in [0.1, 0.15) is 96.8 Å². The molecular formula is C29H50N3O8PS. The Morgan fingerprint density at radius 1 is 1.10 bits per heavy atom. The maximum Gasteiger partial charge on any atom is 0.472 e. The molecule has 2 heterocycles. The molecule has 0 spiro atoms. The molecule has 240 valence electrons. The van der Waals surface area contributed by atoms with Gasteiger partial charge in [0.1, 0.15) is 12.9 Å². The molecule has 1 aliphatic rings. The van der Waals surface area contributed by atoms with Crippen LogP contribution >= 0.6 is 19.6 Å². The summed E-state index contributed by atoms with van der Waals surface area (Å²) in [6.45, 7) is 2.10. The van der Waals surface area contributed by atoms with E-state index >= 15 is 0 Å². The van der Waals surface area contributed by atoms with Gasteiger partial charge in [0.25, 0.3) is 5.88 Å². The number of nitrogens with one attached hydrogen (secondary N) is 1. The zero-order valence-electron chi connectivity index (χ0n) is 25.0. The molecule has 11 nitrogen and oxygen atoms in total. The molecule has 0 saturated carbocycles. The predicted molar refractivity (Wildman–Crippen MR) is 165 cm³/mol. The zero-order valence-corrected chi connectivity index (χ0v) is 26.7. The van der Waals surface area contributed by atoms with Gasteiger partial charge < -0.3 is 23.8 Å². The minimum absolute atomic E-state index is 0.0119. The van der Waals surface area contributed by atoms with Crippen LogP contribution in [0.5, 0.6) is 5.88 Å². The number of hydrogen-bond acceptors (Lipinski definition) is 10. The van der Waals surface area contributed by atoms with Crippen molar-refractivity contribution in [2.75, 3.05) is 32.2 Å². The largest absolute Gasteiger partial charge is 0.472 e. The first kappa shape index (κ1) is 36.2. The van der Waals surface area contributed by atoms with E-state index in [0.717, 1.165) is 18.7 Å². The molecule has 0 bridgehead atoms. The molecule has 1 aromatic heterocycles. The molecular weight excluding hydrogens is 581 g/mol. The minimum Gasteiger partial charge on any atom is -0.466 e. The minimum atomic E-state index is -4.34. The van der Waals surface area contributed by atoms with Crippen molar-refractivity contribution in [3.05, 3.63) is 36.2 Å². The molecule has 1 unspecified atom stereocenters. The highest BCUT2D eigenvalue weighted by Gasteiger charge is 2.26. The van der Waals surface area contributed by atoms with E-state index in [1.54, 1.807) is 18.0 Å². The van der Waals surface area contributed by atoms with Gasteiger partial charge >= 0.3 is 13.9 Å². The second kappa shape index (κ2) is 23.5. The summed E-state index contributed by atoms with van der Waals surface area (Å²) in [7, 11) is -4.34. The van der Waals surface area contributed by atoms with Gasteiger partial charge in [-0.05, 0) is 23.4 Å². The number of hydrogen-bond donors (Lipinski definition) is 2. The maximum atomic E-state index is 12.3. The Morgan fingerprint density at radius 3 is 2.40 bits per heavy atom. The summed E-state index contributed by atoms with van der Waals surface area (Å²) in [4.78, 5) is 24.1. The first-order chi connectivity index (χ1) is 20.5. The fourth-order valence-electron chi connectivity index (χ4n) is 4.19. The molecule has 2 rings (SSSR count). The molecule has 2 atom stereocenters. The number of rotatable bonds is 26. The summed E-state index contributed by atoms with van der Waals surface area (Å²) in [5.74, 6) is 0.888. The van der Waals surface area contributed by atoms with Crippen LogP contribution in [0.4, 0.5) is 4.79 Å². The lowest BCUT2D eigenvalue weighted by molar-refractivity contribution is 0.0363. The molecule has 13 heteroatoms. The highest BCUT2D eigenvalue weighted by molar-refractivity contribution is 8.02. The normalized spacial score (nSPS) is 15.2. The Morgan fingerprint density at radius 2 is 1.79 bits per heavy atom. The lowest BCUT2D eigenvalue weighted by Gasteiger charge is -2.20. The molecule has 1 aliphatic heterocycles. The molecule has 2 N–H and O–H groups in total. The van der Waals surface area contributed by atoms with E-state index in [9.17, 15) is 14.3 Å². The first-order valence-electron chi connectivity index (χ1n) is 15.3. The third-order valence-corrected chi connectivity index (χ3v) is 8.34. The molecule has 42 heavy (non-hydrogen) atoms. The van der Waals surface area contributed by atoms with E-state index in [1.807, 2.05) is 22.6 Å². The Hall–Kier alpha value is -1.98. The summed E-state index contributed by atoms with van der Waals surface area (Å²) in [6, 6.07) is 1.46. The van der Waals surface area contributed by atoms with Crippen LogP contribution < -0.4 is 10.1 Å². The summed E-state index contributed by atoms with van der Waals surface area (Å²) in [5, 5.41) is 8.14. The van der Waals surface area contributed by atoms with Gasteiger partial charge in [0.15, 0.2) is 6.10 Å². The number of unbranched alkanes of at least 4 members (excludes halogenated alkanes) is 13. The second-order valence-corrected chi connectivity index (χ2v) is 12.6. The number of thioether (sulfide) groups is 1. The van der Waals surface area contributed by atoms with Gasteiger partial charge in [-0.25, -0.2) is 9.36 Å². The van der Waals surface area contributed by atoms with E-state index in [4.69, 9.17) is 23.0 Å². The van der Waals surface area contributed by atoms with Crippen molar-refractivity contribution in [3.63, 3.8) is 0 Å². The summed E-state index contributed by atoms with van der Waals surface area (Å²) in [5.41, 5.74) is 0. The van der Waals surface area contributed by atoms with Crippen LogP contribution in [0.15, 0.2) is 40.7 Å². The molecule has 0 saturated heterocycles. The van der Waals surface area contributed by atoms with Crippen LogP contribution in [0.3, 0.4) is 0 Å². The lowest BCUT2D eigenvalue weighted by atomic mass is 10.0. The second-order valence-electron chi connectivity index (χ2n) is 10.2. The van der Waals surface area contributed by atoms with Crippen molar-refractivity contribution in [2.45, 2.75) is 103 Å². The van der Waals surface area contributed by atoms with Gasteiger partial charge in [0.2, 0.25) is 0 Å². The Kier molecular flexibility index (Phi) is 20.2. The average Bonchev–Trinajstić information content (AvgIpc) is 3.69. The molecule has 0 fully saturated rings. The summed E-state index contributed by atoms with van der Waals surface area (Å²) < 4.78 is 37.9. The van der Waals surface area contributed by atoms with Crippen LogP contribution in [-0.2, 0) is 18.3 Å². The third kappa shape index (κ3) is 19.3. The monoisotopic (exact) mass is 631 g/mol. The van der Waals surface area contributed by atoms with Gasteiger partial charge in [-0.15, -0.1) is 11.8 Å². The number of allylic oxidation sites excluding steroid dienone is 1. The number of nitrogens with zero attached hydrogens (tertiary/aromatic N) is 2. The van der Waals surface area contributed by atoms with Gasteiger partial charge in [-0.3, -0.25) is 14.4 Å². The smallest absolute Gasteiger partial charge is 0.466 e. The van der Waals surface area contributed by atoms with Crippen LogP contribution in [0.2, 0.25) is 0 Å². The fourth-order valence-corrected chi connectivity index (χ4v) is 5.68. The molecule has 0 radical (unpaired) electrons. The highest BCUT2D eigenvalue weighted by atomic mass is 32.2. The molecule has 0 aliphatic carbocycles.